The lowest BCUT2D eigenvalue weighted by atomic mass is 9.92. The van der Waals surface area contributed by atoms with Crippen LogP contribution in [0.1, 0.15) is 22.9 Å². The van der Waals surface area contributed by atoms with Gasteiger partial charge in [0, 0.05) is 23.8 Å². The first-order valence-electron chi connectivity index (χ1n) is 6.39. The van der Waals surface area contributed by atoms with E-state index in [4.69, 9.17) is 4.74 Å². The van der Waals surface area contributed by atoms with Crippen LogP contribution in [0, 0.1) is 5.82 Å². The largest absolute Gasteiger partial charge is 0.494 e. The fourth-order valence-corrected chi connectivity index (χ4v) is 2.44. The van der Waals surface area contributed by atoms with Crippen molar-refractivity contribution in [3.05, 3.63) is 77.6 Å². The van der Waals surface area contributed by atoms with Crippen LogP contribution in [0.4, 0.5) is 4.39 Å². The molecule has 2 aromatic heterocycles. The summed E-state index contributed by atoms with van der Waals surface area (Å²) in [5.41, 5.74) is 2.89. The summed E-state index contributed by atoms with van der Waals surface area (Å²) in [5.74, 6) is -0.154. The van der Waals surface area contributed by atoms with Gasteiger partial charge < -0.3 is 14.7 Å². The number of aromatic amines is 2. The number of hydrogen-bond acceptors (Lipinski definition) is 1. The van der Waals surface area contributed by atoms with E-state index in [0.29, 0.717) is 0 Å². The van der Waals surface area contributed by atoms with E-state index in [9.17, 15) is 4.39 Å². The fourth-order valence-electron chi connectivity index (χ4n) is 2.44. The Morgan fingerprint density at radius 3 is 2.10 bits per heavy atom. The highest BCUT2D eigenvalue weighted by Gasteiger charge is 2.19. The Bertz CT molecular complexity index is 640. The summed E-state index contributed by atoms with van der Waals surface area (Å²) >= 11 is 0. The molecule has 0 saturated carbocycles. The number of hydrogen-bond donors (Lipinski definition) is 2. The molecular formula is C16H15FN2O. The Kier molecular flexibility index (Phi) is 3.29. The molecule has 0 atom stereocenters. The van der Waals surface area contributed by atoms with E-state index in [0.717, 1.165) is 17.0 Å². The minimum atomic E-state index is -0.354. The van der Waals surface area contributed by atoms with Gasteiger partial charge in [-0.05, 0) is 42.0 Å². The number of ether oxygens (including phenoxy) is 1. The van der Waals surface area contributed by atoms with Crippen molar-refractivity contribution in [3.63, 3.8) is 0 Å². The molecule has 3 nitrogen and oxygen atoms in total. The highest BCUT2D eigenvalue weighted by atomic mass is 19.1. The lowest BCUT2D eigenvalue weighted by Crippen LogP contribution is -2.05. The molecule has 102 valence electrons. The van der Waals surface area contributed by atoms with Gasteiger partial charge in [-0.2, -0.15) is 0 Å². The Balaban J connectivity index is 2.08. The van der Waals surface area contributed by atoms with Crippen molar-refractivity contribution < 1.29 is 9.13 Å². The standard InChI is InChI=1S/C16H15FN2O/c1-20-15-7-6-11(10-12(15)17)16(13-4-2-8-18-13)14-5-3-9-19-14/h2-10,16,18-19H,1H3. The summed E-state index contributed by atoms with van der Waals surface area (Å²) in [5, 5.41) is 0. The summed E-state index contributed by atoms with van der Waals surface area (Å²) in [7, 11) is 1.46. The van der Waals surface area contributed by atoms with Gasteiger partial charge in [0.25, 0.3) is 0 Å². The molecule has 3 aromatic rings. The highest BCUT2D eigenvalue weighted by molar-refractivity contribution is 5.40. The van der Waals surface area contributed by atoms with Gasteiger partial charge in [-0.25, -0.2) is 4.39 Å². The number of halogens is 1. The Morgan fingerprint density at radius 2 is 1.65 bits per heavy atom. The van der Waals surface area contributed by atoms with Crippen molar-refractivity contribution >= 4 is 0 Å². The SMILES string of the molecule is COc1ccc(C(c2ccc[nH]2)c2ccc[nH]2)cc1F. The number of benzene rings is 1. The van der Waals surface area contributed by atoms with E-state index in [1.807, 2.05) is 42.7 Å². The van der Waals surface area contributed by atoms with Crippen molar-refractivity contribution in [1.29, 1.82) is 0 Å². The van der Waals surface area contributed by atoms with Crippen LogP contribution in [0.25, 0.3) is 0 Å². The third-order valence-corrected chi connectivity index (χ3v) is 3.38. The van der Waals surface area contributed by atoms with Gasteiger partial charge in [0.1, 0.15) is 0 Å². The number of H-pyrrole nitrogens is 2. The van der Waals surface area contributed by atoms with Crippen molar-refractivity contribution in [2.45, 2.75) is 5.92 Å². The molecule has 2 heterocycles. The van der Waals surface area contributed by atoms with Gasteiger partial charge in [0.2, 0.25) is 0 Å². The van der Waals surface area contributed by atoms with Crippen molar-refractivity contribution in [2.24, 2.45) is 0 Å². The third-order valence-electron chi connectivity index (χ3n) is 3.38. The highest BCUT2D eigenvalue weighted by Crippen LogP contribution is 2.32. The van der Waals surface area contributed by atoms with Crippen molar-refractivity contribution in [1.82, 2.24) is 9.97 Å². The molecule has 0 radical (unpaired) electrons. The molecule has 4 heteroatoms. The quantitative estimate of drug-likeness (QED) is 0.746. The van der Waals surface area contributed by atoms with Gasteiger partial charge in [-0.3, -0.25) is 0 Å². The molecule has 0 saturated heterocycles. The second-order valence-corrected chi connectivity index (χ2v) is 4.58. The second-order valence-electron chi connectivity index (χ2n) is 4.58. The third kappa shape index (κ3) is 2.20. The van der Waals surface area contributed by atoms with Crippen LogP contribution in [-0.2, 0) is 0 Å². The van der Waals surface area contributed by atoms with Gasteiger partial charge in [-0.1, -0.05) is 6.07 Å². The molecular weight excluding hydrogens is 255 g/mol. The molecule has 0 unspecified atom stereocenters. The molecule has 2 N–H and O–H groups in total. The van der Waals surface area contributed by atoms with Crippen molar-refractivity contribution in [2.75, 3.05) is 7.11 Å². The average Bonchev–Trinajstić information content (AvgIpc) is 3.13. The number of methoxy groups -OCH3 is 1. The maximum Gasteiger partial charge on any atom is 0.165 e. The molecule has 0 aliphatic carbocycles. The molecule has 0 fully saturated rings. The van der Waals surface area contributed by atoms with Crippen LogP contribution in [-0.4, -0.2) is 17.1 Å². The monoisotopic (exact) mass is 270 g/mol. The minimum absolute atomic E-state index is 0.0552. The van der Waals surface area contributed by atoms with E-state index in [1.165, 1.54) is 13.2 Å². The first kappa shape index (κ1) is 12.5. The topological polar surface area (TPSA) is 40.8 Å². The normalized spacial score (nSPS) is 10.9. The van der Waals surface area contributed by atoms with Crippen LogP contribution in [0.2, 0.25) is 0 Å². The summed E-state index contributed by atoms with van der Waals surface area (Å²) in [6, 6.07) is 12.9. The van der Waals surface area contributed by atoms with Crippen LogP contribution >= 0.6 is 0 Å². The van der Waals surface area contributed by atoms with E-state index < -0.39 is 0 Å². The Labute approximate surface area is 116 Å². The second kappa shape index (κ2) is 5.25. The van der Waals surface area contributed by atoms with Gasteiger partial charge in [-0.15, -0.1) is 0 Å². The molecule has 0 aliphatic heterocycles. The molecule has 0 bridgehead atoms. The van der Waals surface area contributed by atoms with Gasteiger partial charge >= 0.3 is 0 Å². The Morgan fingerprint density at radius 1 is 1.00 bits per heavy atom. The zero-order valence-electron chi connectivity index (χ0n) is 11.1. The number of aromatic nitrogens is 2. The summed E-state index contributed by atoms with van der Waals surface area (Å²) in [6.45, 7) is 0. The lowest BCUT2D eigenvalue weighted by molar-refractivity contribution is 0.386. The van der Waals surface area contributed by atoms with Gasteiger partial charge in [0.05, 0.1) is 13.0 Å². The van der Waals surface area contributed by atoms with E-state index in [2.05, 4.69) is 9.97 Å². The Hall–Kier alpha value is -2.49. The molecule has 1 aromatic carbocycles. The van der Waals surface area contributed by atoms with E-state index >= 15 is 0 Å². The molecule has 0 aliphatic rings. The molecule has 0 spiro atoms. The van der Waals surface area contributed by atoms with Crippen LogP contribution in [0.5, 0.6) is 5.75 Å². The summed E-state index contributed by atoms with van der Waals surface area (Å²) in [6.07, 6.45) is 3.73. The number of rotatable bonds is 4. The fraction of sp³-hybridized carbons (Fsp3) is 0.125. The molecule has 3 rings (SSSR count). The minimum Gasteiger partial charge on any atom is -0.494 e. The molecule has 0 amide bonds. The smallest absolute Gasteiger partial charge is 0.165 e. The lowest BCUT2D eigenvalue weighted by Gasteiger charge is -2.16. The number of nitrogens with one attached hydrogen (secondary N) is 2. The predicted molar refractivity (Wildman–Crippen MR) is 75.5 cm³/mol. The predicted octanol–water partition coefficient (Wildman–Crippen LogP) is 3.67. The zero-order valence-corrected chi connectivity index (χ0v) is 11.1. The van der Waals surface area contributed by atoms with E-state index in [-0.39, 0.29) is 17.5 Å². The van der Waals surface area contributed by atoms with Crippen LogP contribution in [0.3, 0.4) is 0 Å². The molecule has 20 heavy (non-hydrogen) atoms. The first-order chi connectivity index (χ1) is 9.79. The van der Waals surface area contributed by atoms with Crippen molar-refractivity contribution in [3.8, 4) is 5.75 Å². The van der Waals surface area contributed by atoms with Crippen LogP contribution < -0.4 is 4.74 Å². The average molecular weight is 270 g/mol. The van der Waals surface area contributed by atoms with Crippen LogP contribution in [0.15, 0.2) is 54.9 Å². The first-order valence-corrected chi connectivity index (χ1v) is 6.39. The van der Waals surface area contributed by atoms with E-state index in [1.54, 1.807) is 6.07 Å². The summed E-state index contributed by atoms with van der Waals surface area (Å²) in [4.78, 5) is 6.40. The van der Waals surface area contributed by atoms with Gasteiger partial charge in [0.15, 0.2) is 11.6 Å². The maximum atomic E-state index is 13.9. The summed E-state index contributed by atoms with van der Waals surface area (Å²) < 4.78 is 18.9. The maximum absolute atomic E-state index is 13.9. The zero-order chi connectivity index (χ0) is 13.9.